The zero-order valence-electron chi connectivity index (χ0n) is 17.1. The van der Waals surface area contributed by atoms with Gasteiger partial charge in [0.25, 0.3) is 0 Å². The van der Waals surface area contributed by atoms with Crippen molar-refractivity contribution in [1.29, 1.82) is 0 Å². The number of aryl methyl sites for hydroxylation is 3. The number of nitrogens with one attached hydrogen (secondary N) is 1. The van der Waals surface area contributed by atoms with E-state index >= 15 is 0 Å². The summed E-state index contributed by atoms with van der Waals surface area (Å²) in [6, 6.07) is 24.9. The molecule has 150 valence electrons. The van der Waals surface area contributed by atoms with Crippen LogP contribution in [0.2, 0.25) is 0 Å². The summed E-state index contributed by atoms with van der Waals surface area (Å²) in [5.41, 5.74) is 4.59. The van der Waals surface area contributed by atoms with E-state index in [4.69, 9.17) is 4.98 Å². The van der Waals surface area contributed by atoms with Gasteiger partial charge in [-0.15, -0.1) is 0 Å². The molecule has 4 rings (SSSR count). The maximum atomic E-state index is 4.69. The minimum absolute atomic E-state index is 0.542. The predicted molar refractivity (Wildman–Crippen MR) is 125 cm³/mol. The van der Waals surface area contributed by atoms with Crippen LogP contribution in [0.15, 0.2) is 92.9 Å². The summed E-state index contributed by atoms with van der Waals surface area (Å²) in [5, 5.41) is 4.66. The van der Waals surface area contributed by atoms with Crippen LogP contribution in [-0.4, -0.2) is 15.0 Å². The van der Waals surface area contributed by atoms with Crippen LogP contribution in [0.4, 0.5) is 11.6 Å². The fourth-order valence-electron chi connectivity index (χ4n) is 2.76. The molecule has 0 saturated heterocycles. The largest absolute Gasteiger partial charge is 0.324 e. The zero-order chi connectivity index (χ0) is 20.9. The molecule has 3 aromatic carbocycles. The number of hydrogen-bond donors (Lipinski definition) is 1. The van der Waals surface area contributed by atoms with Crippen LogP contribution >= 0.6 is 23.5 Å². The highest BCUT2D eigenvalue weighted by Crippen LogP contribution is 2.31. The first-order chi connectivity index (χ1) is 14.5. The van der Waals surface area contributed by atoms with Crippen LogP contribution < -0.4 is 5.32 Å². The quantitative estimate of drug-likeness (QED) is 0.361. The second-order valence-corrected chi connectivity index (χ2v) is 9.13. The van der Waals surface area contributed by atoms with Crippen molar-refractivity contribution in [2.75, 3.05) is 5.32 Å². The smallest absolute Gasteiger partial charge is 0.232 e. The standard InChI is InChI=1S/C24H22N4S2/c1-16-7-11-20(12-8-16)29-23-26-22(25-19-6-4-5-18(3)15-19)27-24(28-23)30-21-13-9-17(2)10-14-21/h4-15H,1-3H3,(H,25,26,27,28). The molecule has 4 aromatic rings. The average Bonchev–Trinajstić information content (AvgIpc) is 2.71. The first-order valence-corrected chi connectivity index (χ1v) is 11.3. The van der Waals surface area contributed by atoms with Crippen molar-refractivity contribution in [1.82, 2.24) is 15.0 Å². The minimum atomic E-state index is 0.542. The van der Waals surface area contributed by atoms with E-state index in [1.807, 2.05) is 12.1 Å². The van der Waals surface area contributed by atoms with Crippen LogP contribution in [0.3, 0.4) is 0 Å². The van der Waals surface area contributed by atoms with E-state index in [-0.39, 0.29) is 0 Å². The molecule has 6 heteroatoms. The number of hydrogen-bond acceptors (Lipinski definition) is 6. The van der Waals surface area contributed by atoms with E-state index in [1.54, 1.807) is 0 Å². The van der Waals surface area contributed by atoms with Gasteiger partial charge in [-0.1, -0.05) is 47.5 Å². The molecule has 0 atom stereocenters. The lowest BCUT2D eigenvalue weighted by Gasteiger charge is -2.09. The highest BCUT2D eigenvalue weighted by molar-refractivity contribution is 7.99. The Labute approximate surface area is 185 Å². The van der Waals surface area contributed by atoms with Gasteiger partial charge in [0.2, 0.25) is 5.95 Å². The number of nitrogens with zero attached hydrogens (tertiary/aromatic N) is 3. The monoisotopic (exact) mass is 430 g/mol. The molecule has 0 radical (unpaired) electrons. The molecule has 0 aliphatic rings. The van der Waals surface area contributed by atoms with E-state index < -0.39 is 0 Å². The van der Waals surface area contributed by atoms with Gasteiger partial charge in [-0.3, -0.25) is 0 Å². The molecule has 0 aliphatic heterocycles. The molecule has 30 heavy (non-hydrogen) atoms. The topological polar surface area (TPSA) is 50.7 Å². The molecule has 0 aliphatic carbocycles. The maximum Gasteiger partial charge on any atom is 0.232 e. The van der Waals surface area contributed by atoms with Crippen molar-refractivity contribution >= 4 is 35.2 Å². The summed E-state index contributed by atoms with van der Waals surface area (Å²) in [7, 11) is 0. The van der Waals surface area contributed by atoms with Gasteiger partial charge in [-0.2, -0.15) is 15.0 Å². The summed E-state index contributed by atoms with van der Waals surface area (Å²) < 4.78 is 0. The summed E-state index contributed by atoms with van der Waals surface area (Å²) in [6.07, 6.45) is 0. The summed E-state index contributed by atoms with van der Waals surface area (Å²) in [6.45, 7) is 6.23. The van der Waals surface area contributed by atoms with E-state index in [0.717, 1.165) is 15.5 Å². The van der Waals surface area contributed by atoms with Crippen molar-refractivity contribution in [3.05, 3.63) is 89.5 Å². The van der Waals surface area contributed by atoms with Gasteiger partial charge in [0.15, 0.2) is 10.3 Å². The van der Waals surface area contributed by atoms with Gasteiger partial charge in [-0.25, -0.2) is 0 Å². The highest BCUT2D eigenvalue weighted by Gasteiger charge is 2.11. The maximum absolute atomic E-state index is 4.69. The Morgan fingerprint density at radius 1 is 0.600 bits per heavy atom. The Hall–Kier alpha value is -2.83. The normalized spacial score (nSPS) is 10.8. The SMILES string of the molecule is Cc1ccc(Sc2nc(Nc3cccc(C)c3)nc(Sc3ccc(C)cc3)n2)cc1. The van der Waals surface area contributed by atoms with Gasteiger partial charge in [0, 0.05) is 15.5 Å². The molecule has 0 amide bonds. The third-order valence-corrected chi connectivity index (χ3v) is 6.07. The molecule has 0 spiro atoms. The number of benzene rings is 3. The molecule has 0 bridgehead atoms. The van der Waals surface area contributed by atoms with Crippen LogP contribution in [0.25, 0.3) is 0 Å². The first kappa shape index (κ1) is 20.4. The molecule has 4 nitrogen and oxygen atoms in total. The number of aromatic nitrogens is 3. The van der Waals surface area contributed by atoms with Gasteiger partial charge in [-0.05, 0) is 86.3 Å². The van der Waals surface area contributed by atoms with Gasteiger partial charge >= 0.3 is 0 Å². The molecular weight excluding hydrogens is 408 g/mol. The van der Waals surface area contributed by atoms with E-state index in [0.29, 0.717) is 16.3 Å². The van der Waals surface area contributed by atoms with Crippen molar-refractivity contribution < 1.29 is 0 Å². The van der Waals surface area contributed by atoms with Crippen LogP contribution in [0.5, 0.6) is 0 Å². The molecule has 1 N–H and O–H groups in total. The third kappa shape index (κ3) is 5.62. The van der Waals surface area contributed by atoms with Crippen LogP contribution in [0, 0.1) is 20.8 Å². The van der Waals surface area contributed by atoms with E-state index in [9.17, 15) is 0 Å². The van der Waals surface area contributed by atoms with Gasteiger partial charge in [0.1, 0.15) is 0 Å². The molecular formula is C24H22N4S2. The lowest BCUT2D eigenvalue weighted by molar-refractivity contribution is 0.810. The van der Waals surface area contributed by atoms with Crippen LogP contribution in [0.1, 0.15) is 16.7 Å². The second kappa shape index (κ2) is 9.32. The van der Waals surface area contributed by atoms with E-state index in [2.05, 4.69) is 96.7 Å². The Balaban J connectivity index is 1.65. The second-order valence-electron chi connectivity index (χ2n) is 7.05. The lowest BCUT2D eigenvalue weighted by Crippen LogP contribution is -2.02. The van der Waals surface area contributed by atoms with Crippen molar-refractivity contribution in [2.45, 2.75) is 40.9 Å². The molecule has 1 heterocycles. The molecule has 0 unspecified atom stereocenters. The third-order valence-electron chi connectivity index (χ3n) is 4.33. The van der Waals surface area contributed by atoms with Crippen LogP contribution in [-0.2, 0) is 0 Å². The highest BCUT2D eigenvalue weighted by atomic mass is 32.2. The predicted octanol–water partition coefficient (Wildman–Crippen LogP) is 6.84. The average molecular weight is 431 g/mol. The Morgan fingerprint density at radius 3 is 1.63 bits per heavy atom. The summed E-state index contributed by atoms with van der Waals surface area (Å²) in [4.78, 5) is 16.2. The fraction of sp³-hybridized carbons (Fsp3) is 0.125. The minimum Gasteiger partial charge on any atom is -0.324 e. The van der Waals surface area contributed by atoms with Crippen molar-refractivity contribution in [3.63, 3.8) is 0 Å². The molecule has 0 fully saturated rings. The van der Waals surface area contributed by atoms with Crippen molar-refractivity contribution in [3.8, 4) is 0 Å². The van der Waals surface area contributed by atoms with Crippen molar-refractivity contribution in [2.24, 2.45) is 0 Å². The molecule has 0 saturated carbocycles. The molecule has 1 aromatic heterocycles. The Bertz CT molecular complexity index is 1080. The number of anilines is 2. The first-order valence-electron chi connectivity index (χ1n) is 9.62. The Kier molecular flexibility index (Phi) is 6.35. The zero-order valence-corrected chi connectivity index (χ0v) is 18.7. The fourth-order valence-corrected chi connectivity index (χ4v) is 4.31. The van der Waals surface area contributed by atoms with Gasteiger partial charge < -0.3 is 5.32 Å². The Morgan fingerprint density at radius 2 is 1.13 bits per heavy atom. The summed E-state index contributed by atoms with van der Waals surface area (Å²) >= 11 is 3.07. The lowest BCUT2D eigenvalue weighted by atomic mass is 10.2. The number of rotatable bonds is 6. The van der Waals surface area contributed by atoms with Gasteiger partial charge in [0.05, 0.1) is 0 Å². The van der Waals surface area contributed by atoms with E-state index in [1.165, 1.54) is 40.2 Å². The summed E-state index contributed by atoms with van der Waals surface area (Å²) in [5.74, 6) is 0.542.